The molecule has 1 aliphatic heterocycles. The second kappa shape index (κ2) is 4.95. The lowest BCUT2D eigenvalue weighted by Gasteiger charge is -2.21. The fourth-order valence-electron chi connectivity index (χ4n) is 1.80. The van der Waals surface area contributed by atoms with Crippen molar-refractivity contribution in [1.82, 2.24) is 5.32 Å². The molecule has 0 aliphatic carbocycles. The van der Waals surface area contributed by atoms with Crippen molar-refractivity contribution in [2.24, 2.45) is 5.92 Å². The van der Waals surface area contributed by atoms with E-state index in [0.29, 0.717) is 13.0 Å². The Balaban J connectivity index is 2.06. The minimum atomic E-state index is -0.719. The number of anilines is 1. The average molecular weight is 236 g/mol. The summed E-state index contributed by atoms with van der Waals surface area (Å²) in [7, 11) is 0. The van der Waals surface area contributed by atoms with Crippen molar-refractivity contribution in [2.45, 2.75) is 12.8 Å². The first-order chi connectivity index (χ1) is 8.18. The summed E-state index contributed by atoms with van der Waals surface area (Å²) in [6.45, 7) is 0.600. The van der Waals surface area contributed by atoms with E-state index in [2.05, 4.69) is 10.6 Å². The molecule has 1 aromatic rings. The maximum absolute atomic E-state index is 13.3. The van der Waals surface area contributed by atoms with Crippen molar-refractivity contribution in [3.63, 3.8) is 0 Å². The Morgan fingerprint density at radius 1 is 1.41 bits per heavy atom. The molecule has 1 heterocycles. The van der Waals surface area contributed by atoms with Crippen molar-refractivity contribution < 1.29 is 14.0 Å². The van der Waals surface area contributed by atoms with E-state index in [1.807, 2.05) is 0 Å². The lowest BCUT2D eigenvalue weighted by Crippen LogP contribution is -2.42. The zero-order chi connectivity index (χ0) is 12.3. The third kappa shape index (κ3) is 2.61. The Kier molecular flexibility index (Phi) is 3.37. The molecule has 90 valence electrons. The number of para-hydroxylation sites is 1. The molecule has 1 atom stereocenters. The van der Waals surface area contributed by atoms with E-state index < -0.39 is 17.6 Å². The molecule has 5 heteroatoms. The largest absolute Gasteiger partial charge is 0.355 e. The van der Waals surface area contributed by atoms with Gasteiger partial charge in [0.05, 0.1) is 5.69 Å². The van der Waals surface area contributed by atoms with Crippen LogP contribution in [0.5, 0.6) is 0 Å². The van der Waals surface area contributed by atoms with Gasteiger partial charge in [-0.1, -0.05) is 12.1 Å². The SMILES string of the molecule is O=C1NCCC[C@H]1C(=O)Nc1ccccc1F. The minimum absolute atomic E-state index is 0.107. The molecule has 17 heavy (non-hydrogen) atoms. The molecule has 0 radical (unpaired) electrons. The number of hydrogen-bond donors (Lipinski definition) is 2. The van der Waals surface area contributed by atoms with E-state index in [9.17, 15) is 14.0 Å². The number of carbonyl (C=O) groups excluding carboxylic acids is 2. The predicted octanol–water partition coefficient (Wildman–Crippen LogP) is 1.29. The Morgan fingerprint density at radius 3 is 2.88 bits per heavy atom. The first-order valence-corrected chi connectivity index (χ1v) is 5.51. The molecule has 0 saturated carbocycles. The van der Waals surface area contributed by atoms with Gasteiger partial charge in [-0.3, -0.25) is 9.59 Å². The van der Waals surface area contributed by atoms with Crippen LogP contribution < -0.4 is 10.6 Å². The van der Waals surface area contributed by atoms with Crippen molar-refractivity contribution in [1.29, 1.82) is 0 Å². The third-order valence-electron chi connectivity index (χ3n) is 2.73. The number of nitrogens with one attached hydrogen (secondary N) is 2. The predicted molar refractivity (Wildman–Crippen MR) is 60.8 cm³/mol. The van der Waals surface area contributed by atoms with E-state index in [1.165, 1.54) is 18.2 Å². The molecule has 0 unspecified atom stereocenters. The number of benzene rings is 1. The molecule has 4 nitrogen and oxygen atoms in total. The maximum atomic E-state index is 13.3. The summed E-state index contributed by atoms with van der Waals surface area (Å²) in [5.74, 6) is -1.96. The van der Waals surface area contributed by atoms with Gasteiger partial charge in [0.25, 0.3) is 0 Å². The number of carbonyl (C=O) groups is 2. The summed E-state index contributed by atoms with van der Waals surface area (Å²) < 4.78 is 13.3. The van der Waals surface area contributed by atoms with Gasteiger partial charge >= 0.3 is 0 Å². The Morgan fingerprint density at radius 2 is 2.18 bits per heavy atom. The molecule has 2 rings (SSSR count). The molecule has 1 saturated heterocycles. The summed E-state index contributed by atoms with van der Waals surface area (Å²) >= 11 is 0. The highest BCUT2D eigenvalue weighted by Crippen LogP contribution is 2.17. The minimum Gasteiger partial charge on any atom is -0.355 e. The molecule has 2 amide bonds. The smallest absolute Gasteiger partial charge is 0.237 e. The van der Waals surface area contributed by atoms with Gasteiger partial charge in [-0.25, -0.2) is 4.39 Å². The summed E-state index contributed by atoms with van der Waals surface area (Å²) in [6, 6.07) is 5.89. The van der Waals surface area contributed by atoms with Crippen molar-refractivity contribution in [3.8, 4) is 0 Å². The van der Waals surface area contributed by atoms with Crippen LogP contribution in [0.25, 0.3) is 0 Å². The lowest BCUT2D eigenvalue weighted by atomic mass is 9.98. The van der Waals surface area contributed by atoms with E-state index in [1.54, 1.807) is 6.07 Å². The van der Waals surface area contributed by atoms with E-state index in [4.69, 9.17) is 0 Å². The highest BCUT2D eigenvalue weighted by atomic mass is 19.1. The highest BCUT2D eigenvalue weighted by Gasteiger charge is 2.29. The number of piperidine rings is 1. The lowest BCUT2D eigenvalue weighted by molar-refractivity contribution is -0.134. The summed E-state index contributed by atoms with van der Waals surface area (Å²) in [5.41, 5.74) is 0.107. The number of rotatable bonds is 2. The zero-order valence-corrected chi connectivity index (χ0v) is 9.20. The molecule has 0 aromatic heterocycles. The third-order valence-corrected chi connectivity index (χ3v) is 2.73. The van der Waals surface area contributed by atoms with Gasteiger partial charge in [0.2, 0.25) is 11.8 Å². The van der Waals surface area contributed by atoms with Gasteiger partial charge in [-0.15, -0.1) is 0 Å². The van der Waals surface area contributed by atoms with Crippen LogP contribution in [0.1, 0.15) is 12.8 Å². The van der Waals surface area contributed by atoms with Gasteiger partial charge in [-0.2, -0.15) is 0 Å². The Labute approximate surface area is 98.2 Å². The number of halogens is 1. The van der Waals surface area contributed by atoms with Gasteiger partial charge in [0.1, 0.15) is 11.7 Å². The quantitative estimate of drug-likeness (QED) is 0.760. The first-order valence-electron chi connectivity index (χ1n) is 5.51. The van der Waals surface area contributed by atoms with Gasteiger partial charge in [0, 0.05) is 6.54 Å². The van der Waals surface area contributed by atoms with E-state index in [0.717, 1.165) is 6.42 Å². The second-order valence-corrected chi connectivity index (χ2v) is 3.95. The van der Waals surface area contributed by atoms with Gasteiger partial charge < -0.3 is 10.6 Å². The molecule has 2 N–H and O–H groups in total. The van der Waals surface area contributed by atoms with Crippen molar-refractivity contribution in [3.05, 3.63) is 30.1 Å². The van der Waals surface area contributed by atoms with Crippen LogP contribution in [0.2, 0.25) is 0 Å². The number of amides is 2. The molecular weight excluding hydrogens is 223 g/mol. The monoisotopic (exact) mass is 236 g/mol. The van der Waals surface area contributed by atoms with Crippen LogP contribution in [-0.4, -0.2) is 18.4 Å². The van der Waals surface area contributed by atoms with Crippen LogP contribution in [0.3, 0.4) is 0 Å². The zero-order valence-electron chi connectivity index (χ0n) is 9.20. The van der Waals surface area contributed by atoms with Crippen LogP contribution in [0.15, 0.2) is 24.3 Å². The topological polar surface area (TPSA) is 58.2 Å². The van der Waals surface area contributed by atoms with Gasteiger partial charge in [-0.05, 0) is 25.0 Å². The first kappa shape index (κ1) is 11.6. The Hall–Kier alpha value is -1.91. The van der Waals surface area contributed by atoms with Crippen LogP contribution in [-0.2, 0) is 9.59 Å². The number of hydrogen-bond acceptors (Lipinski definition) is 2. The second-order valence-electron chi connectivity index (χ2n) is 3.95. The highest BCUT2D eigenvalue weighted by molar-refractivity contribution is 6.06. The molecule has 1 aromatic carbocycles. The Bertz CT molecular complexity index is 448. The molecular formula is C12H13FN2O2. The average Bonchev–Trinajstić information content (AvgIpc) is 2.32. The standard InChI is InChI=1S/C12H13FN2O2/c13-9-5-1-2-6-10(9)15-12(17)8-4-3-7-14-11(8)16/h1-2,5-6,8H,3-4,7H2,(H,14,16)(H,15,17)/t8-/m1/s1. The van der Waals surface area contributed by atoms with Gasteiger partial charge in [0.15, 0.2) is 0 Å². The fraction of sp³-hybridized carbons (Fsp3) is 0.333. The normalized spacial score (nSPS) is 19.6. The maximum Gasteiger partial charge on any atom is 0.237 e. The molecule has 0 bridgehead atoms. The summed E-state index contributed by atoms with van der Waals surface area (Å²) in [4.78, 5) is 23.2. The molecule has 1 aliphatic rings. The summed E-state index contributed by atoms with van der Waals surface area (Å²) in [6.07, 6.45) is 1.27. The van der Waals surface area contributed by atoms with E-state index in [-0.39, 0.29) is 11.6 Å². The molecule has 0 spiro atoms. The van der Waals surface area contributed by atoms with Crippen LogP contribution in [0, 0.1) is 11.7 Å². The fourth-order valence-corrected chi connectivity index (χ4v) is 1.80. The van der Waals surface area contributed by atoms with Crippen LogP contribution in [0.4, 0.5) is 10.1 Å². The van der Waals surface area contributed by atoms with Crippen LogP contribution >= 0.6 is 0 Å². The van der Waals surface area contributed by atoms with Crippen molar-refractivity contribution in [2.75, 3.05) is 11.9 Å². The summed E-state index contributed by atoms with van der Waals surface area (Å²) in [5, 5.41) is 5.06. The van der Waals surface area contributed by atoms with Crippen molar-refractivity contribution >= 4 is 17.5 Å². The van der Waals surface area contributed by atoms with E-state index >= 15 is 0 Å². The molecule has 1 fully saturated rings.